The zero-order valence-corrected chi connectivity index (χ0v) is 21.1. The molecule has 33 heavy (non-hydrogen) atoms. The summed E-state index contributed by atoms with van der Waals surface area (Å²) in [6.07, 6.45) is 0. The molecule has 0 bridgehead atoms. The number of esters is 1. The van der Waals surface area contributed by atoms with Crippen LogP contribution in [-0.4, -0.2) is 44.0 Å². The molecular weight excluding hydrogens is 486 g/mol. The largest absolute Gasteiger partial charge is 0.486 e. The molecule has 9 nitrogen and oxygen atoms in total. The Morgan fingerprint density at radius 1 is 1.24 bits per heavy atom. The molecule has 0 aliphatic carbocycles. The van der Waals surface area contributed by atoms with Gasteiger partial charge in [-0.1, -0.05) is 34.7 Å². The number of hydrogen-bond donors (Lipinski definition) is 1. The van der Waals surface area contributed by atoms with Gasteiger partial charge < -0.3 is 19.4 Å². The van der Waals surface area contributed by atoms with Gasteiger partial charge >= 0.3 is 5.97 Å². The number of halogens is 1. The smallest absolute Gasteiger partial charge is 0.350 e. The van der Waals surface area contributed by atoms with Crippen LogP contribution < -0.4 is 10.1 Å². The Labute approximate surface area is 204 Å². The number of thioether (sulfide) groups is 1. The summed E-state index contributed by atoms with van der Waals surface area (Å²) in [5, 5.41) is 12.8. The molecule has 0 aliphatic heterocycles. The van der Waals surface area contributed by atoms with E-state index in [1.54, 1.807) is 26.0 Å². The third-order valence-electron chi connectivity index (χ3n) is 4.44. The van der Waals surface area contributed by atoms with Gasteiger partial charge in [0.15, 0.2) is 16.1 Å². The van der Waals surface area contributed by atoms with Gasteiger partial charge in [0.2, 0.25) is 5.91 Å². The van der Waals surface area contributed by atoms with Gasteiger partial charge in [-0.05, 0) is 51.5 Å². The van der Waals surface area contributed by atoms with E-state index in [1.807, 2.05) is 24.5 Å². The third-order valence-corrected chi connectivity index (χ3v) is 6.89. The van der Waals surface area contributed by atoms with E-state index in [1.165, 1.54) is 11.8 Å². The first-order valence-corrected chi connectivity index (χ1v) is 12.4. The van der Waals surface area contributed by atoms with E-state index < -0.39 is 5.97 Å². The van der Waals surface area contributed by atoms with E-state index in [2.05, 4.69) is 20.5 Å². The first kappa shape index (κ1) is 25.0. The van der Waals surface area contributed by atoms with E-state index in [9.17, 15) is 9.59 Å². The Hall–Kier alpha value is -2.63. The minimum absolute atomic E-state index is 0.114. The summed E-state index contributed by atoms with van der Waals surface area (Å²) >= 11 is 8.41. The van der Waals surface area contributed by atoms with Gasteiger partial charge in [0.25, 0.3) is 0 Å². The average molecular weight is 510 g/mol. The maximum atomic E-state index is 12.4. The van der Waals surface area contributed by atoms with Crippen molar-refractivity contribution >= 4 is 51.7 Å². The summed E-state index contributed by atoms with van der Waals surface area (Å²) in [6, 6.07) is 5.45. The highest BCUT2D eigenvalue weighted by molar-refractivity contribution is 7.99. The van der Waals surface area contributed by atoms with Crippen LogP contribution in [0.4, 0.5) is 5.13 Å². The number of aromatic nitrogens is 4. The number of nitrogens with one attached hydrogen (secondary N) is 1. The number of carbonyl (C=O) groups excluding carboxylic acids is 2. The number of benzene rings is 1. The zero-order chi connectivity index (χ0) is 24.0. The molecule has 0 atom stereocenters. The number of anilines is 1. The van der Waals surface area contributed by atoms with Crippen LogP contribution in [0.5, 0.6) is 5.75 Å². The van der Waals surface area contributed by atoms with Crippen molar-refractivity contribution < 1.29 is 19.1 Å². The van der Waals surface area contributed by atoms with Crippen LogP contribution in [0.3, 0.4) is 0 Å². The second kappa shape index (κ2) is 11.5. The fourth-order valence-corrected chi connectivity index (χ4v) is 4.64. The summed E-state index contributed by atoms with van der Waals surface area (Å²) in [5.74, 6) is 0.758. The first-order chi connectivity index (χ1) is 15.8. The highest BCUT2D eigenvalue weighted by atomic mass is 35.5. The second-order valence-corrected chi connectivity index (χ2v) is 9.18. The number of nitrogens with zero attached hydrogens (tertiary/aromatic N) is 4. The number of thiazole rings is 1. The van der Waals surface area contributed by atoms with Crippen molar-refractivity contribution in [3.8, 4) is 5.75 Å². The van der Waals surface area contributed by atoms with Crippen molar-refractivity contribution in [3.05, 3.63) is 45.2 Å². The molecule has 0 fully saturated rings. The summed E-state index contributed by atoms with van der Waals surface area (Å²) in [7, 11) is 0. The van der Waals surface area contributed by atoms with Gasteiger partial charge in [-0.15, -0.1) is 10.2 Å². The molecule has 12 heteroatoms. The monoisotopic (exact) mass is 509 g/mol. The Morgan fingerprint density at radius 3 is 2.73 bits per heavy atom. The Morgan fingerprint density at radius 2 is 2.03 bits per heavy atom. The molecule has 0 radical (unpaired) electrons. The molecule has 176 valence electrons. The minimum Gasteiger partial charge on any atom is -0.486 e. The van der Waals surface area contributed by atoms with Gasteiger partial charge in [-0.3, -0.25) is 4.79 Å². The van der Waals surface area contributed by atoms with Gasteiger partial charge in [-0.25, -0.2) is 9.78 Å². The number of hydrogen-bond acceptors (Lipinski definition) is 9. The fourth-order valence-electron chi connectivity index (χ4n) is 2.83. The molecule has 0 saturated heterocycles. The molecule has 2 aromatic heterocycles. The van der Waals surface area contributed by atoms with E-state index in [0.29, 0.717) is 44.0 Å². The fraction of sp³-hybridized carbons (Fsp3) is 0.381. The SMILES string of the molecule is CCOC(=O)c1sc(NC(=O)CSc2nnc(COc3ccc(Cl)c(C)c3)n2CC)nc1C. The maximum Gasteiger partial charge on any atom is 0.350 e. The van der Waals surface area contributed by atoms with Crippen molar-refractivity contribution in [2.24, 2.45) is 0 Å². The Bertz CT molecular complexity index is 1150. The van der Waals surface area contributed by atoms with E-state index >= 15 is 0 Å². The van der Waals surface area contributed by atoms with Crippen molar-refractivity contribution in [2.75, 3.05) is 17.7 Å². The molecule has 0 unspecified atom stereocenters. The molecule has 3 aromatic rings. The van der Waals surface area contributed by atoms with Crippen LogP contribution in [-0.2, 0) is 22.7 Å². The van der Waals surface area contributed by atoms with E-state index in [0.717, 1.165) is 16.9 Å². The quantitative estimate of drug-likeness (QED) is 0.314. The van der Waals surface area contributed by atoms with Gasteiger partial charge in [0, 0.05) is 11.6 Å². The number of ether oxygens (including phenoxy) is 2. The maximum absolute atomic E-state index is 12.4. The number of carbonyl (C=O) groups is 2. The number of amides is 1. The summed E-state index contributed by atoms with van der Waals surface area (Å²) < 4.78 is 12.7. The predicted molar refractivity (Wildman–Crippen MR) is 128 cm³/mol. The summed E-state index contributed by atoms with van der Waals surface area (Å²) in [6.45, 7) is 8.46. The molecule has 3 rings (SSSR count). The molecule has 0 aliphatic rings. The van der Waals surface area contributed by atoms with Crippen LogP contribution in [0.1, 0.15) is 40.6 Å². The molecule has 1 amide bonds. The number of aryl methyl sites for hydroxylation is 2. The Balaban J connectivity index is 1.57. The summed E-state index contributed by atoms with van der Waals surface area (Å²) in [4.78, 5) is 28.9. The standard InChI is InChI=1S/C21H24ClN5O4S2/c1-5-27-16(10-31-14-7-8-15(22)12(3)9-14)25-26-21(27)32-11-17(28)24-20-23-13(4)18(33-20)19(29)30-6-2/h7-9H,5-6,10-11H2,1-4H3,(H,23,24,28). The Kier molecular flexibility index (Phi) is 8.70. The lowest BCUT2D eigenvalue weighted by atomic mass is 10.2. The zero-order valence-electron chi connectivity index (χ0n) is 18.7. The molecule has 1 N–H and O–H groups in total. The molecule has 2 heterocycles. The highest BCUT2D eigenvalue weighted by Gasteiger charge is 2.18. The topological polar surface area (TPSA) is 108 Å². The average Bonchev–Trinajstić information content (AvgIpc) is 3.35. The van der Waals surface area contributed by atoms with Crippen LogP contribution in [0, 0.1) is 13.8 Å². The minimum atomic E-state index is -0.443. The van der Waals surface area contributed by atoms with Crippen molar-refractivity contribution in [2.45, 2.75) is 46.0 Å². The lowest BCUT2D eigenvalue weighted by Gasteiger charge is -2.09. The highest BCUT2D eigenvalue weighted by Crippen LogP contribution is 2.25. The van der Waals surface area contributed by atoms with Crippen LogP contribution in [0.25, 0.3) is 0 Å². The number of rotatable bonds is 10. The van der Waals surface area contributed by atoms with Crippen molar-refractivity contribution in [1.82, 2.24) is 19.7 Å². The van der Waals surface area contributed by atoms with Crippen LogP contribution in [0.2, 0.25) is 5.02 Å². The summed E-state index contributed by atoms with van der Waals surface area (Å²) in [5.41, 5.74) is 1.45. The van der Waals surface area contributed by atoms with Crippen LogP contribution >= 0.6 is 34.7 Å². The molecule has 0 spiro atoms. The van der Waals surface area contributed by atoms with Gasteiger partial charge in [-0.2, -0.15) is 0 Å². The second-order valence-electron chi connectivity index (χ2n) is 6.83. The van der Waals surface area contributed by atoms with Crippen molar-refractivity contribution in [1.29, 1.82) is 0 Å². The van der Waals surface area contributed by atoms with Crippen LogP contribution in [0.15, 0.2) is 23.4 Å². The van der Waals surface area contributed by atoms with E-state index in [4.69, 9.17) is 21.1 Å². The lowest BCUT2D eigenvalue weighted by molar-refractivity contribution is -0.113. The molecule has 1 aromatic carbocycles. The van der Waals surface area contributed by atoms with Gasteiger partial charge in [0.1, 0.15) is 17.2 Å². The predicted octanol–water partition coefficient (Wildman–Crippen LogP) is 4.51. The first-order valence-electron chi connectivity index (χ1n) is 10.2. The molecular formula is C21H24ClN5O4S2. The third kappa shape index (κ3) is 6.46. The lowest BCUT2D eigenvalue weighted by Crippen LogP contribution is -2.14. The normalized spacial score (nSPS) is 10.8. The molecule has 0 saturated carbocycles. The van der Waals surface area contributed by atoms with Crippen molar-refractivity contribution in [3.63, 3.8) is 0 Å². The van der Waals surface area contributed by atoms with E-state index in [-0.39, 0.29) is 24.9 Å². The van der Waals surface area contributed by atoms with Gasteiger partial charge in [0.05, 0.1) is 18.1 Å².